The molecule has 58 heavy (non-hydrogen) atoms. The van der Waals surface area contributed by atoms with Crippen molar-refractivity contribution in [1.82, 2.24) is 0 Å². The Morgan fingerprint density at radius 1 is 0.655 bits per heavy atom. The summed E-state index contributed by atoms with van der Waals surface area (Å²) in [5, 5.41) is 9.65. The first-order valence-corrected chi connectivity index (χ1v) is 23.0. The number of rotatable bonds is 11. The molecule has 0 amide bonds. The third kappa shape index (κ3) is 9.29. The molecule has 1 N–H and O–H groups in total. The maximum absolute atomic E-state index is 12.5. The minimum absolute atomic E-state index is 0.0940. The highest BCUT2D eigenvalue weighted by Gasteiger charge is 2.57. The minimum Gasteiger partial charge on any atom is -0.481 e. The van der Waals surface area contributed by atoms with Crippen molar-refractivity contribution >= 4 is 23.7 Å². The molecule has 0 bridgehead atoms. The molecule has 318 valence electrons. The third-order valence-corrected chi connectivity index (χ3v) is 15.8. The number of hydrogen-bond acceptors (Lipinski definition) is 6. The lowest BCUT2D eigenvalue weighted by molar-refractivity contribution is -0.157. The molecular weight excluding hydrogens is 725 g/mol. The number of fused-ring (bicyclic) bond motifs is 3. The minimum atomic E-state index is -0.529. The van der Waals surface area contributed by atoms with Crippen molar-refractivity contribution in [2.45, 2.75) is 164 Å². The molecule has 8 rings (SSSR count). The summed E-state index contributed by atoms with van der Waals surface area (Å²) < 4.78 is 10.5. The number of hydrogen-bond donors (Lipinski definition) is 1. The second kappa shape index (κ2) is 18.8. The van der Waals surface area contributed by atoms with E-state index in [1.165, 1.54) is 59.1 Å². The average Bonchev–Trinajstić information content (AvgIpc) is 4.01. The number of Topliss-reactive ketones (excluding diaryl/α,β-unsaturated/α-hetero) is 1. The van der Waals surface area contributed by atoms with E-state index in [0.717, 1.165) is 83.5 Å². The van der Waals surface area contributed by atoms with Gasteiger partial charge >= 0.3 is 17.9 Å². The van der Waals surface area contributed by atoms with Crippen LogP contribution in [0.2, 0.25) is 0 Å². The van der Waals surface area contributed by atoms with Crippen LogP contribution >= 0.6 is 0 Å². The second-order valence-electron chi connectivity index (χ2n) is 19.5. The zero-order valence-electron chi connectivity index (χ0n) is 36.6. The van der Waals surface area contributed by atoms with Crippen LogP contribution in [0, 0.1) is 73.5 Å². The largest absolute Gasteiger partial charge is 0.481 e. The van der Waals surface area contributed by atoms with Crippen LogP contribution in [0.3, 0.4) is 0 Å². The van der Waals surface area contributed by atoms with E-state index in [4.69, 9.17) is 9.47 Å². The van der Waals surface area contributed by atoms with Gasteiger partial charge in [0.2, 0.25) is 0 Å². The van der Waals surface area contributed by atoms with Gasteiger partial charge in [-0.3, -0.25) is 19.2 Å². The zero-order chi connectivity index (χ0) is 41.7. The highest BCUT2D eigenvalue weighted by molar-refractivity contribution is 5.91. The molecule has 0 radical (unpaired) electrons. The zero-order valence-corrected chi connectivity index (χ0v) is 36.6. The van der Waals surface area contributed by atoms with Crippen LogP contribution in [0.4, 0.5) is 0 Å². The van der Waals surface area contributed by atoms with E-state index < -0.39 is 11.4 Å². The first kappa shape index (κ1) is 44.1. The molecule has 6 aliphatic rings. The summed E-state index contributed by atoms with van der Waals surface area (Å²) in [6.45, 7) is 13.3. The maximum Gasteiger partial charge on any atom is 0.312 e. The highest BCUT2D eigenvalue weighted by Crippen LogP contribution is 2.59. The van der Waals surface area contributed by atoms with Crippen molar-refractivity contribution < 1.29 is 33.8 Å². The Kier molecular flexibility index (Phi) is 14.3. The molecular formula is C51H72O7. The lowest BCUT2D eigenvalue weighted by Gasteiger charge is -2.26. The molecule has 0 aromatic heterocycles. The molecule has 0 saturated heterocycles. The van der Waals surface area contributed by atoms with Crippen molar-refractivity contribution in [3.05, 3.63) is 69.8 Å². The van der Waals surface area contributed by atoms with Gasteiger partial charge in [-0.05, 0) is 183 Å². The summed E-state index contributed by atoms with van der Waals surface area (Å²) in [6.07, 6.45) is 19.5. The topological polar surface area (TPSA) is 107 Å². The van der Waals surface area contributed by atoms with Crippen molar-refractivity contribution in [2.75, 3.05) is 13.2 Å². The number of aryl methyl sites for hydroxylation is 6. The molecule has 0 spiro atoms. The van der Waals surface area contributed by atoms with E-state index in [2.05, 4.69) is 64.1 Å². The van der Waals surface area contributed by atoms with E-state index in [0.29, 0.717) is 49.7 Å². The number of benzene rings is 2. The van der Waals surface area contributed by atoms with Crippen molar-refractivity contribution in [1.29, 1.82) is 0 Å². The fourth-order valence-corrected chi connectivity index (χ4v) is 12.9. The number of ether oxygens (including phenoxy) is 2. The molecule has 0 aliphatic heterocycles. The molecule has 8 unspecified atom stereocenters. The third-order valence-electron chi connectivity index (χ3n) is 15.8. The first-order chi connectivity index (χ1) is 27.7. The van der Waals surface area contributed by atoms with Crippen LogP contribution in [-0.2, 0) is 41.5 Å². The summed E-state index contributed by atoms with van der Waals surface area (Å²) in [5.74, 6) is 2.25. The van der Waals surface area contributed by atoms with Gasteiger partial charge in [-0.2, -0.15) is 0 Å². The van der Waals surface area contributed by atoms with Crippen molar-refractivity contribution in [3.63, 3.8) is 0 Å². The molecule has 7 nitrogen and oxygen atoms in total. The average molecular weight is 797 g/mol. The SMILES string of the molecule is CCOC(=O)C12CCCC1CC(=O)C2.CCOC(=O)C12CCCC1CC(CCc1ccc(C)cc1C)C2.Cc1ccc(CCC2CC3CCCC3(C(=O)O)C2)c(C)c1. The van der Waals surface area contributed by atoms with E-state index in [-0.39, 0.29) is 34.5 Å². The van der Waals surface area contributed by atoms with Crippen LogP contribution in [0.1, 0.15) is 156 Å². The highest BCUT2D eigenvalue weighted by atomic mass is 16.5. The molecule has 7 heteroatoms. The molecule has 0 heterocycles. The second-order valence-corrected chi connectivity index (χ2v) is 19.5. The number of carbonyl (C=O) groups is 4. The summed E-state index contributed by atoms with van der Waals surface area (Å²) in [5.41, 5.74) is 7.41. The monoisotopic (exact) mass is 797 g/mol. The van der Waals surface area contributed by atoms with Crippen LogP contribution in [-0.4, -0.2) is 42.0 Å². The Morgan fingerprint density at radius 3 is 1.59 bits per heavy atom. The van der Waals surface area contributed by atoms with Gasteiger partial charge < -0.3 is 14.6 Å². The van der Waals surface area contributed by atoms with Crippen LogP contribution < -0.4 is 0 Å². The van der Waals surface area contributed by atoms with E-state index >= 15 is 0 Å². The Balaban J connectivity index is 0.000000151. The van der Waals surface area contributed by atoms with Gasteiger partial charge in [0, 0.05) is 12.8 Å². The number of esters is 2. The van der Waals surface area contributed by atoms with Crippen molar-refractivity contribution in [3.8, 4) is 0 Å². The van der Waals surface area contributed by atoms with Gasteiger partial charge in [0.25, 0.3) is 0 Å². The van der Waals surface area contributed by atoms with Crippen molar-refractivity contribution in [2.24, 2.45) is 45.8 Å². The fraction of sp³-hybridized carbons (Fsp3) is 0.686. The van der Waals surface area contributed by atoms with Gasteiger partial charge in [-0.15, -0.1) is 0 Å². The molecule has 2 aromatic carbocycles. The summed E-state index contributed by atoms with van der Waals surface area (Å²) >= 11 is 0. The summed E-state index contributed by atoms with van der Waals surface area (Å²) in [4.78, 5) is 47.4. The fourth-order valence-electron chi connectivity index (χ4n) is 12.9. The molecule has 6 aliphatic carbocycles. The first-order valence-electron chi connectivity index (χ1n) is 23.0. The Morgan fingerprint density at radius 2 is 1.10 bits per heavy atom. The molecule has 6 fully saturated rings. The molecule has 2 aromatic rings. The predicted molar refractivity (Wildman–Crippen MR) is 228 cm³/mol. The number of carboxylic acids is 1. The molecule has 6 saturated carbocycles. The van der Waals surface area contributed by atoms with Crippen LogP contribution in [0.25, 0.3) is 0 Å². The number of aliphatic carboxylic acids is 1. The lowest BCUT2D eigenvalue weighted by Crippen LogP contribution is -2.32. The van der Waals surface area contributed by atoms with Crippen LogP contribution in [0.15, 0.2) is 36.4 Å². The Hall–Kier alpha value is -3.48. The number of ketones is 1. The maximum atomic E-state index is 12.5. The van der Waals surface area contributed by atoms with Gasteiger partial charge in [-0.25, -0.2) is 0 Å². The van der Waals surface area contributed by atoms with E-state index in [1.54, 1.807) is 0 Å². The van der Waals surface area contributed by atoms with E-state index in [1.807, 2.05) is 13.8 Å². The summed E-state index contributed by atoms with van der Waals surface area (Å²) in [7, 11) is 0. The van der Waals surface area contributed by atoms with Gasteiger partial charge in [-0.1, -0.05) is 66.8 Å². The lowest BCUT2D eigenvalue weighted by atomic mass is 9.80. The van der Waals surface area contributed by atoms with E-state index in [9.17, 15) is 24.3 Å². The van der Waals surface area contributed by atoms with Gasteiger partial charge in [0.1, 0.15) is 5.78 Å². The number of carboxylic acid groups (broad SMARTS) is 1. The summed E-state index contributed by atoms with van der Waals surface area (Å²) in [6, 6.07) is 13.4. The predicted octanol–water partition coefficient (Wildman–Crippen LogP) is 11.2. The smallest absolute Gasteiger partial charge is 0.312 e. The Bertz CT molecular complexity index is 1800. The standard InChI is InChI=1S/C21H30O2.C19H26O2.C11H16O3/c1-4-23-20(22)21-11-5-6-19(21)13-17(14-21)8-10-18-9-7-15(2)12-16(18)3;1-13-5-7-16(14(2)10-13)8-6-15-11-17-4-3-9-19(17,12-15)18(20)21;1-2-14-10(13)11-5-3-4-8(11)6-9(12)7-11/h7,9,12,17,19H,4-6,8,10-11,13-14H2,1-3H3;5,7,10,15,17H,3-4,6,8-9,11-12H2,1-2H3,(H,20,21);8H,2-7H2,1H3. The quantitative estimate of drug-likeness (QED) is 0.226. The molecule has 8 atom stereocenters. The Labute approximate surface area is 348 Å². The number of carbonyl (C=O) groups excluding carboxylic acids is 3. The van der Waals surface area contributed by atoms with Gasteiger partial charge in [0.05, 0.1) is 29.5 Å². The van der Waals surface area contributed by atoms with Crippen LogP contribution in [0.5, 0.6) is 0 Å². The van der Waals surface area contributed by atoms with Gasteiger partial charge in [0.15, 0.2) is 0 Å². The normalized spacial score (nSPS) is 31.7.